The second kappa shape index (κ2) is 7.86. The maximum atomic E-state index is 11.3. The molecule has 0 aromatic heterocycles. The van der Waals surface area contributed by atoms with Gasteiger partial charge in [-0.25, -0.2) is 8.42 Å². The molecule has 0 heterocycles. The van der Waals surface area contributed by atoms with E-state index in [-0.39, 0.29) is 5.75 Å². The van der Waals surface area contributed by atoms with Crippen LogP contribution in [0.2, 0.25) is 5.02 Å². The van der Waals surface area contributed by atoms with Crippen molar-refractivity contribution in [2.24, 2.45) is 0 Å². The van der Waals surface area contributed by atoms with Gasteiger partial charge in [0.15, 0.2) is 0 Å². The zero-order valence-corrected chi connectivity index (χ0v) is 13.9. The van der Waals surface area contributed by atoms with Crippen molar-refractivity contribution in [1.29, 1.82) is 0 Å². The molecule has 20 heavy (non-hydrogen) atoms. The van der Waals surface area contributed by atoms with Gasteiger partial charge >= 0.3 is 0 Å². The molecule has 0 saturated heterocycles. The lowest BCUT2D eigenvalue weighted by Crippen LogP contribution is -2.27. The standard InChI is InChI=1S/C14H23ClN2O2S/c1-4-8-16-11-12-6-5-7-13(15)14(12)17(2)9-10-20(3,18)19/h5-7,16H,4,8-11H2,1-3H3. The van der Waals surface area contributed by atoms with Crippen LogP contribution in [0.15, 0.2) is 18.2 Å². The van der Waals surface area contributed by atoms with Crippen molar-refractivity contribution in [2.45, 2.75) is 19.9 Å². The van der Waals surface area contributed by atoms with E-state index >= 15 is 0 Å². The molecule has 0 atom stereocenters. The number of hydrogen-bond acceptors (Lipinski definition) is 4. The Morgan fingerprint density at radius 1 is 1.35 bits per heavy atom. The molecule has 0 aliphatic carbocycles. The van der Waals surface area contributed by atoms with E-state index in [1.54, 1.807) is 0 Å². The zero-order valence-electron chi connectivity index (χ0n) is 12.3. The molecule has 0 fully saturated rings. The van der Waals surface area contributed by atoms with Gasteiger partial charge in [0, 0.05) is 26.4 Å². The van der Waals surface area contributed by atoms with Crippen LogP contribution in [0, 0.1) is 0 Å². The van der Waals surface area contributed by atoms with Gasteiger partial charge in [0.2, 0.25) is 0 Å². The fraction of sp³-hybridized carbons (Fsp3) is 0.571. The minimum absolute atomic E-state index is 0.122. The van der Waals surface area contributed by atoms with Crippen molar-refractivity contribution < 1.29 is 8.42 Å². The smallest absolute Gasteiger partial charge is 0.149 e. The number of nitrogens with one attached hydrogen (secondary N) is 1. The van der Waals surface area contributed by atoms with Gasteiger partial charge in [0.25, 0.3) is 0 Å². The molecule has 0 spiro atoms. The Labute approximate surface area is 127 Å². The second-order valence-corrected chi connectivity index (χ2v) is 7.64. The zero-order chi connectivity index (χ0) is 15.2. The molecule has 0 radical (unpaired) electrons. The van der Waals surface area contributed by atoms with Gasteiger partial charge in [0.1, 0.15) is 9.84 Å². The molecule has 1 aromatic rings. The first kappa shape index (κ1) is 17.3. The largest absolute Gasteiger partial charge is 0.372 e. The first-order chi connectivity index (χ1) is 9.35. The van der Waals surface area contributed by atoms with Crippen LogP contribution >= 0.6 is 11.6 Å². The molecule has 6 heteroatoms. The van der Waals surface area contributed by atoms with Crippen molar-refractivity contribution in [3.8, 4) is 0 Å². The maximum absolute atomic E-state index is 11.3. The summed E-state index contributed by atoms with van der Waals surface area (Å²) >= 11 is 6.27. The predicted molar refractivity (Wildman–Crippen MR) is 86.4 cm³/mol. The van der Waals surface area contributed by atoms with Gasteiger partial charge < -0.3 is 10.2 Å². The highest BCUT2D eigenvalue weighted by molar-refractivity contribution is 7.90. The van der Waals surface area contributed by atoms with Crippen molar-refractivity contribution >= 4 is 27.1 Å². The number of nitrogens with zero attached hydrogens (tertiary/aromatic N) is 1. The SMILES string of the molecule is CCCNCc1cccc(Cl)c1N(C)CCS(C)(=O)=O. The minimum atomic E-state index is -2.97. The molecular formula is C14H23ClN2O2S. The summed E-state index contributed by atoms with van der Waals surface area (Å²) in [6.45, 7) is 4.22. The van der Waals surface area contributed by atoms with E-state index in [9.17, 15) is 8.42 Å². The lowest BCUT2D eigenvalue weighted by atomic mass is 10.1. The molecule has 0 aliphatic rings. The summed E-state index contributed by atoms with van der Waals surface area (Å²) in [5.41, 5.74) is 1.99. The van der Waals surface area contributed by atoms with Crippen LogP contribution in [0.3, 0.4) is 0 Å². The molecule has 0 bridgehead atoms. The molecule has 1 rings (SSSR count). The highest BCUT2D eigenvalue weighted by atomic mass is 35.5. The molecule has 0 amide bonds. The van der Waals surface area contributed by atoms with E-state index in [2.05, 4.69) is 12.2 Å². The Balaban J connectivity index is 2.85. The van der Waals surface area contributed by atoms with Gasteiger partial charge in [0.05, 0.1) is 16.5 Å². The van der Waals surface area contributed by atoms with Crippen LogP contribution < -0.4 is 10.2 Å². The van der Waals surface area contributed by atoms with Gasteiger partial charge in [-0.15, -0.1) is 0 Å². The van der Waals surface area contributed by atoms with Crippen molar-refractivity contribution in [3.63, 3.8) is 0 Å². The van der Waals surface area contributed by atoms with Crippen LogP contribution in [0.4, 0.5) is 5.69 Å². The summed E-state index contributed by atoms with van der Waals surface area (Å²) in [4.78, 5) is 1.91. The normalized spacial score (nSPS) is 11.6. The number of sulfone groups is 1. The number of anilines is 1. The van der Waals surface area contributed by atoms with Gasteiger partial charge in [-0.2, -0.15) is 0 Å². The Kier molecular flexibility index (Phi) is 6.79. The summed E-state index contributed by atoms with van der Waals surface area (Å²) in [5, 5.41) is 3.99. The lowest BCUT2D eigenvalue weighted by Gasteiger charge is -2.23. The van der Waals surface area contributed by atoms with Crippen LogP contribution in [0.25, 0.3) is 0 Å². The second-order valence-electron chi connectivity index (χ2n) is 4.98. The number of hydrogen-bond donors (Lipinski definition) is 1. The molecular weight excluding hydrogens is 296 g/mol. The number of benzene rings is 1. The minimum Gasteiger partial charge on any atom is -0.372 e. The summed E-state index contributed by atoms with van der Waals surface area (Å²) < 4.78 is 22.6. The van der Waals surface area contributed by atoms with Crippen LogP contribution in [0.1, 0.15) is 18.9 Å². The van der Waals surface area contributed by atoms with E-state index < -0.39 is 9.84 Å². The third kappa shape index (κ3) is 5.69. The Morgan fingerprint density at radius 3 is 2.65 bits per heavy atom. The molecule has 0 unspecified atom stereocenters. The average Bonchev–Trinajstić information content (AvgIpc) is 2.35. The van der Waals surface area contributed by atoms with E-state index in [1.807, 2.05) is 30.1 Å². The summed E-state index contributed by atoms with van der Waals surface area (Å²) in [7, 11) is -1.10. The van der Waals surface area contributed by atoms with Crippen molar-refractivity contribution in [2.75, 3.05) is 37.0 Å². The van der Waals surface area contributed by atoms with E-state index in [0.29, 0.717) is 11.6 Å². The van der Waals surface area contributed by atoms with E-state index in [4.69, 9.17) is 11.6 Å². The summed E-state index contributed by atoms with van der Waals surface area (Å²) in [6.07, 6.45) is 2.32. The molecule has 1 N–H and O–H groups in total. The first-order valence-electron chi connectivity index (χ1n) is 6.72. The third-order valence-corrected chi connectivity index (χ3v) is 4.22. The third-order valence-electron chi connectivity index (χ3n) is 2.99. The number of halogens is 1. The molecule has 1 aromatic carbocycles. The van der Waals surface area contributed by atoms with Crippen LogP contribution in [-0.4, -0.2) is 40.6 Å². The van der Waals surface area contributed by atoms with Crippen molar-refractivity contribution in [3.05, 3.63) is 28.8 Å². The lowest BCUT2D eigenvalue weighted by molar-refractivity contribution is 0.601. The van der Waals surface area contributed by atoms with Gasteiger partial charge in [-0.05, 0) is 24.6 Å². The topological polar surface area (TPSA) is 49.4 Å². The van der Waals surface area contributed by atoms with Crippen LogP contribution in [0.5, 0.6) is 0 Å². The van der Waals surface area contributed by atoms with Gasteiger partial charge in [-0.3, -0.25) is 0 Å². The average molecular weight is 319 g/mol. The Bertz CT molecular complexity index is 532. The summed E-state index contributed by atoms with van der Waals surface area (Å²) in [5.74, 6) is 0.122. The predicted octanol–water partition coefficient (Wildman–Crippen LogP) is 2.32. The van der Waals surface area contributed by atoms with E-state index in [0.717, 1.165) is 30.8 Å². The van der Waals surface area contributed by atoms with Gasteiger partial charge in [-0.1, -0.05) is 30.7 Å². The van der Waals surface area contributed by atoms with Crippen molar-refractivity contribution in [1.82, 2.24) is 5.32 Å². The monoisotopic (exact) mass is 318 g/mol. The Morgan fingerprint density at radius 2 is 2.05 bits per heavy atom. The number of para-hydroxylation sites is 1. The molecule has 4 nitrogen and oxygen atoms in total. The highest BCUT2D eigenvalue weighted by Gasteiger charge is 2.13. The fourth-order valence-corrected chi connectivity index (χ4v) is 2.89. The molecule has 0 aliphatic heterocycles. The highest BCUT2D eigenvalue weighted by Crippen LogP contribution is 2.29. The summed E-state index contributed by atoms with van der Waals surface area (Å²) in [6, 6.07) is 5.76. The first-order valence-corrected chi connectivity index (χ1v) is 9.16. The molecule has 114 valence electrons. The van der Waals surface area contributed by atoms with Crippen LogP contribution in [-0.2, 0) is 16.4 Å². The quantitative estimate of drug-likeness (QED) is 0.747. The maximum Gasteiger partial charge on any atom is 0.149 e. The van der Waals surface area contributed by atoms with E-state index in [1.165, 1.54) is 6.26 Å². The molecule has 0 saturated carbocycles. The number of rotatable bonds is 8. The Hall–Kier alpha value is -0.780. The fourth-order valence-electron chi connectivity index (χ4n) is 1.94.